The number of likely N-dealkylation sites (N-methyl/N-ethyl adjacent to an activating group) is 1. The van der Waals surface area contributed by atoms with Gasteiger partial charge < -0.3 is 10.7 Å². The average Bonchev–Trinajstić information content (AvgIpc) is 2.46. The molecule has 0 aliphatic carbocycles. The molecule has 1 aromatic carbocycles. The van der Waals surface area contributed by atoms with E-state index in [0.717, 1.165) is 18.5 Å². The summed E-state index contributed by atoms with van der Waals surface area (Å²) in [6.07, 6.45) is 0.909. The summed E-state index contributed by atoms with van der Waals surface area (Å²) in [7, 11) is 1.59. The molecule has 116 valence electrons. The first-order valence-corrected chi connectivity index (χ1v) is 6.68. The van der Waals surface area contributed by atoms with Crippen molar-refractivity contribution < 1.29 is 9.72 Å². The van der Waals surface area contributed by atoms with Gasteiger partial charge in [0.2, 0.25) is 5.91 Å². The second kappa shape index (κ2) is 8.18. The summed E-state index contributed by atoms with van der Waals surface area (Å²) in [5, 5.41) is 13.4. The summed E-state index contributed by atoms with van der Waals surface area (Å²) >= 11 is 0. The molecule has 1 rings (SSSR count). The van der Waals surface area contributed by atoms with Crippen LogP contribution in [0.15, 0.2) is 18.2 Å². The van der Waals surface area contributed by atoms with E-state index in [1.165, 1.54) is 6.07 Å². The van der Waals surface area contributed by atoms with Gasteiger partial charge in [0.05, 0.1) is 11.5 Å². The number of nitrogens with one attached hydrogen (secondary N) is 2. The van der Waals surface area contributed by atoms with Crippen LogP contribution in [0.3, 0.4) is 0 Å². The monoisotopic (exact) mass is 295 g/mol. The summed E-state index contributed by atoms with van der Waals surface area (Å²) < 4.78 is 0. The van der Waals surface area contributed by atoms with Crippen LogP contribution in [0.5, 0.6) is 0 Å². The lowest BCUT2D eigenvalue weighted by Gasteiger charge is -2.21. The normalized spacial score (nSPS) is 10.5. The van der Waals surface area contributed by atoms with Crippen molar-refractivity contribution in [3.05, 3.63) is 33.9 Å². The van der Waals surface area contributed by atoms with Crippen LogP contribution in [0.4, 0.5) is 11.4 Å². The molecule has 8 nitrogen and oxygen atoms in total. The lowest BCUT2D eigenvalue weighted by Crippen LogP contribution is -2.35. The van der Waals surface area contributed by atoms with Gasteiger partial charge in [-0.15, -0.1) is 0 Å². The van der Waals surface area contributed by atoms with Crippen molar-refractivity contribution in [2.45, 2.75) is 19.9 Å². The van der Waals surface area contributed by atoms with Crippen molar-refractivity contribution in [1.82, 2.24) is 10.2 Å². The Kier molecular flexibility index (Phi) is 6.57. The highest BCUT2D eigenvalue weighted by Crippen LogP contribution is 2.25. The molecule has 0 spiro atoms. The maximum Gasteiger partial charge on any atom is 0.293 e. The molecule has 1 aromatic rings. The highest BCUT2D eigenvalue weighted by Gasteiger charge is 2.15. The van der Waals surface area contributed by atoms with Gasteiger partial charge in [-0.05, 0) is 24.6 Å². The van der Waals surface area contributed by atoms with E-state index >= 15 is 0 Å². The minimum atomic E-state index is -0.493. The lowest BCUT2D eigenvalue weighted by molar-refractivity contribution is -0.384. The van der Waals surface area contributed by atoms with E-state index in [-0.39, 0.29) is 23.8 Å². The molecule has 0 aliphatic rings. The van der Waals surface area contributed by atoms with Crippen LogP contribution < -0.4 is 16.6 Å². The topological polar surface area (TPSA) is 114 Å². The van der Waals surface area contributed by atoms with Gasteiger partial charge in [-0.3, -0.25) is 25.7 Å². The van der Waals surface area contributed by atoms with Crippen LogP contribution in [-0.4, -0.2) is 35.9 Å². The molecule has 0 radical (unpaired) electrons. The zero-order valence-corrected chi connectivity index (χ0v) is 12.3. The van der Waals surface area contributed by atoms with E-state index in [4.69, 9.17) is 5.84 Å². The van der Waals surface area contributed by atoms with Crippen LogP contribution in [-0.2, 0) is 11.3 Å². The number of anilines is 1. The van der Waals surface area contributed by atoms with E-state index in [2.05, 4.69) is 10.7 Å². The quantitative estimate of drug-likeness (QED) is 0.372. The predicted octanol–water partition coefficient (Wildman–Crippen LogP) is 0.838. The summed E-state index contributed by atoms with van der Waals surface area (Å²) in [4.78, 5) is 23.8. The number of hydrogen-bond acceptors (Lipinski definition) is 6. The number of amides is 1. The number of nitrogens with two attached hydrogens (primary N) is 1. The molecule has 0 bridgehead atoms. The third-order valence-electron chi connectivity index (χ3n) is 3.01. The average molecular weight is 295 g/mol. The summed E-state index contributed by atoms with van der Waals surface area (Å²) in [6, 6.07) is 4.71. The van der Waals surface area contributed by atoms with Gasteiger partial charge >= 0.3 is 0 Å². The van der Waals surface area contributed by atoms with Crippen LogP contribution in [0.2, 0.25) is 0 Å². The summed E-state index contributed by atoms with van der Waals surface area (Å²) in [5.41, 5.74) is 3.37. The van der Waals surface area contributed by atoms with Crippen molar-refractivity contribution >= 4 is 17.3 Å². The van der Waals surface area contributed by atoms with Gasteiger partial charge in [0, 0.05) is 19.7 Å². The number of nitro groups is 1. The number of nitrogens with zero attached hydrogens (tertiary/aromatic N) is 2. The Balaban J connectivity index is 2.88. The van der Waals surface area contributed by atoms with Crippen LogP contribution in [0.25, 0.3) is 0 Å². The SMILES string of the molecule is CCCN(CC(=O)NC)Cc1ccc([N+](=O)[O-])c(NN)c1. The fourth-order valence-corrected chi connectivity index (χ4v) is 2.03. The fraction of sp³-hybridized carbons (Fsp3) is 0.462. The maximum atomic E-state index is 11.5. The number of nitrogen functional groups attached to an aromatic ring is 1. The Morgan fingerprint density at radius 1 is 1.48 bits per heavy atom. The third kappa shape index (κ3) is 5.01. The summed E-state index contributed by atoms with van der Waals surface area (Å²) in [5.74, 6) is 5.25. The number of hydrogen-bond donors (Lipinski definition) is 3. The number of carbonyl (C=O) groups excluding carboxylic acids is 1. The van der Waals surface area contributed by atoms with Crippen molar-refractivity contribution in [1.29, 1.82) is 0 Å². The number of carbonyl (C=O) groups is 1. The molecule has 8 heteroatoms. The molecule has 0 atom stereocenters. The van der Waals surface area contributed by atoms with Gasteiger partial charge in [0.15, 0.2) is 0 Å². The van der Waals surface area contributed by atoms with Crippen LogP contribution in [0, 0.1) is 10.1 Å². The number of rotatable bonds is 8. The molecule has 0 heterocycles. The third-order valence-corrected chi connectivity index (χ3v) is 3.01. The number of hydrazine groups is 1. The van der Waals surface area contributed by atoms with Gasteiger partial charge in [-0.2, -0.15) is 0 Å². The lowest BCUT2D eigenvalue weighted by atomic mass is 10.1. The molecule has 4 N–H and O–H groups in total. The predicted molar refractivity (Wildman–Crippen MR) is 80.5 cm³/mol. The highest BCUT2D eigenvalue weighted by atomic mass is 16.6. The first-order chi connectivity index (χ1) is 10.0. The van der Waals surface area contributed by atoms with E-state index in [1.807, 2.05) is 11.8 Å². The van der Waals surface area contributed by atoms with Crippen molar-refractivity contribution in [3.8, 4) is 0 Å². The molecule has 0 aliphatic heterocycles. The van der Waals surface area contributed by atoms with E-state index in [0.29, 0.717) is 6.54 Å². The minimum absolute atomic E-state index is 0.0671. The molecule has 0 aromatic heterocycles. The first kappa shape index (κ1) is 16.9. The van der Waals surface area contributed by atoms with Crippen LogP contribution >= 0.6 is 0 Å². The zero-order chi connectivity index (χ0) is 15.8. The summed E-state index contributed by atoms with van der Waals surface area (Å²) in [6.45, 7) is 3.59. The molecule has 0 saturated carbocycles. The highest BCUT2D eigenvalue weighted by molar-refractivity contribution is 5.77. The number of nitro benzene ring substituents is 1. The fourth-order valence-electron chi connectivity index (χ4n) is 2.03. The second-order valence-corrected chi connectivity index (χ2v) is 4.64. The Labute approximate surface area is 123 Å². The maximum absolute atomic E-state index is 11.5. The van der Waals surface area contributed by atoms with Gasteiger partial charge in [0.1, 0.15) is 5.69 Å². The molecular formula is C13H21N5O3. The van der Waals surface area contributed by atoms with Crippen LogP contribution in [0.1, 0.15) is 18.9 Å². The Bertz CT molecular complexity index is 507. The smallest absolute Gasteiger partial charge is 0.293 e. The van der Waals surface area contributed by atoms with Crippen molar-refractivity contribution in [2.24, 2.45) is 5.84 Å². The van der Waals surface area contributed by atoms with Crippen molar-refractivity contribution in [3.63, 3.8) is 0 Å². The van der Waals surface area contributed by atoms with E-state index in [1.54, 1.807) is 19.2 Å². The minimum Gasteiger partial charge on any atom is -0.358 e. The molecule has 0 unspecified atom stereocenters. The molecule has 0 fully saturated rings. The van der Waals surface area contributed by atoms with E-state index < -0.39 is 4.92 Å². The Hall–Kier alpha value is -2.19. The van der Waals surface area contributed by atoms with Gasteiger partial charge in [0.25, 0.3) is 5.69 Å². The first-order valence-electron chi connectivity index (χ1n) is 6.68. The molecular weight excluding hydrogens is 274 g/mol. The van der Waals surface area contributed by atoms with Gasteiger partial charge in [-0.25, -0.2) is 0 Å². The van der Waals surface area contributed by atoms with E-state index in [9.17, 15) is 14.9 Å². The molecule has 0 saturated heterocycles. The van der Waals surface area contributed by atoms with Gasteiger partial charge in [-0.1, -0.05) is 13.0 Å². The van der Waals surface area contributed by atoms with Crippen molar-refractivity contribution in [2.75, 3.05) is 25.6 Å². The second-order valence-electron chi connectivity index (χ2n) is 4.64. The zero-order valence-electron chi connectivity index (χ0n) is 12.3. The standard InChI is InChI=1S/C13H21N5O3/c1-3-6-17(9-13(19)15-2)8-10-4-5-12(18(20)21)11(7-10)16-14/h4-5,7,16H,3,6,8-9,14H2,1-2H3,(H,15,19). The largest absolute Gasteiger partial charge is 0.358 e. The number of benzene rings is 1. The molecule has 1 amide bonds. The Morgan fingerprint density at radius 2 is 2.19 bits per heavy atom. The Morgan fingerprint density at radius 3 is 2.71 bits per heavy atom. The molecule has 21 heavy (non-hydrogen) atoms.